The fraction of sp³-hybridized carbons (Fsp3) is 0.957. The maximum Gasteiger partial charge on any atom is 0.305 e. The average molecular weight is 709 g/mol. The molecule has 0 atom stereocenters. The molecule has 0 aromatic rings. The van der Waals surface area contributed by atoms with Gasteiger partial charge in [-0.1, -0.05) is 228 Å². The van der Waals surface area contributed by atoms with E-state index in [1.165, 1.54) is 180 Å². The van der Waals surface area contributed by atoms with Crippen LogP contribution in [0.25, 0.3) is 0 Å². The highest BCUT2D eigenvalue weighted by Crippen LogP contribution is 2.17. The maximum atomic E-state index is 11.6. The third-order valence-corrected chi connectivity index (χ3v) is 9.59. The summed E-state index contributed by atoms with van der Waals surface area (Å²) in [5, 5.41) is 0. The second-order valence-electron chi connectivity index (χ2n) is 17.0. The lowest BCUT2D eigenvalue weighted by atomic mass is 9.99. The van der Waals surface area contributed by atoms with Crippen LogP contribution in [0.1, 0.15) is 260 Å². The Morgan fingerprint density at radius 2 is 0.680 bits per heavy atom. The summed E-state index contributed by atoms with van der Waals surface area (Å²) in [7, 11) is 0. The van der Waals surface area contributed by atoms with Crippen molar-refractivity contribution in [3.63, 3.8) is 0 Å². The van der Waals surface area contributed by atoms with Gasteiger partial charge in [0.05, 0.1) is 13.2 Å². The summed E-state index contributed by atoms with van der Waals surface area (Å²) in [5.41, 5.74) is 0.0741. The standard InChI is InChI=1S/2C23H46O2/c1-5-6-7-8-9-10-11-12-13-14-15-16-17-18-19-20-22(24)25-21-23(2,3)4;1-4-5-6-7-8-9-10-11-12-13-14-15-16-17-18-19-23(24)25-21-20-22(2)3/h5-21H2,1-4H3;22H,4-21H2,1-3H3. The van der Waals surface area contributed by atoms with Gasteiger partial charge in [-0.2, -0.15) is 0 Å². The fourth-order valence-corrected chi connectivity index (χ4v) is 6.13. The molecule has 0 rings (SSSR count). The van der Waals surface area contributed by atoms with Crippen LogP contribution < -0.4 is 0 Å². The van der Waals surface area contributed by atoms with Crippen molar-refractivity contribution in [3.8, 4) is 0 Å². The van der Waals surface area contributed by atoms with Gasteiger partial charge >= 0.3 is 11.9 Å². The van der Waals surface area contributed by atoms with Crippen LogP contribution in [0.3, 0.4) is 0 Å². The summed E-state index contributed by atoms with van der Waals surface area (Å²) in [6.07, 6.45) is 42.8. The van der Waals surface area contributed by atoms with Gasteiger partial charge < -0.3 is 9.47 Å². The summed E-state index contributed by atoms with van der Waals surface area (Å²) in [6, 6.07) is 0. The highest BCUT2D eigenvalue weighted by Gasteiger charge is 2.13. The topological polar surface area (TPSA) is 52.6 Å². The predicted molar refractivity (Wildman–Crippen MR) is 220 cm³/mol. The van der Waals surface area contributed by atoms with Crippen molar-refractivity contribution in [2.75, 3.05) is 13.2 Å². The summed E-state index contributed by atoms with van der Waals surface area (Å²) >= 11 is 0. The largest absolute Gasteiger partial charge is 0.466 e. The molecule has 0 aromatic carbocycles. The van der Waals surface area contributed by atoms with Gasteiger partial charge in [-0.15, -0.1) is 0 Å². The van der Waals surface area contributed by atoms with Crippen LogP contribution >= 0.6 is 0 Å². The first-order valence-electron chi connectivity index (χ1n) is 22.4. The van der Waals surface area contributed by atoms with Crippen LogP contribution in [0, 0.1) is 11.3 Å². The van der Waals surface area contributed by atoms with E-state index >= 15 is 0 Å². The Kier molecular flexibility index (Phi) is 41.6. The first kappa shape index (κ1) is 51.0. The third kappa shape index (κ3) is 49.1. The molecule has 4 nitrogen and oxygen atoms in total. The fourth-order valence-electron chi connectivity index (χ4n) is 6.13. The highest BCUT2D eigenvalue weighted by atomic mass is 16.5. The molecule has 0 saturated heterocycles. The molecule has 0 unspecified atom stereocenters. The summed E-state index contributed by atoms with van der Waals surface area (Å²) < 4.78 is 10.5. The molecule has 0 aromatic heterocycles. The third-order valence-electron chi connectivity index (χ3n) is 9.59. The van der Waals surface area contributed by atoms with E-state index in [1.54, 1.807) is 0 Å². The van der Waals surface area contributed by atoms with E-state index in [9.17, 15) is 9.59 Å². The molecule has 0 spiro atoms. The number of ether oxygens (including phenoxy) is 2. The second-order valence-corrected chi connectivity index (χ2v) is 17.0. The van der Waals surface area contributed by atoms with E-state index < -0.39 is 0 Å². The summed E-state index contributed by atoms with van der Waals surface area (Å²) in [5.74, 6) is 0.582. The maximum absolute atomic E-state index is 11.6. The normalized spacial score (nSPS) is 11.4. The van der Waals surface area contributed by atoms with Crippen molar-refractivity contribution >= 4 is 11.9 Å². The molecule has 300 valence electrons. The van der Waals surface area contributed by atoms with Crippen LogP contribution in [-0.2, 0) is 19.1 Å². The number of unbranched alkanes of at least 4 members (excludes halogenated alkanes) is 28. The molecule has 0 heterocycles. The van der Waals surface area contributed by atoms with Crippen LogP contribution in [0.15, 0.2) is 0 Å². The van der Waals surface area contributed by atoms with Gasteiger partial charge in [0.2, 0.25) is 0 Å². The van der Waals surface area contributed by atoms with Gasteiger partial charge in [-0.3, -0.25) is 9.59 Å². The Labute approximate surface area is 315 Å². The average Bonchev–Trinajstić information content (AvgIpc) is 3.07. The minimum absolute atomic E-state index is 0.00431. The van der Waals surface area contributed by atoms with E-state index in [1.807, 2.05) is 0 Å². The van der Waals surface area contributed by atoms with Crippen LogP contribution in [0.5, 0.6) is 0 Å². The molecule has 0 aliphatic carbocycles. The highest BCUT2D eigenvalue weighted by molar-refractivity contribution is 5.69. The number of carbonyl (C=O) groups is 2. The van der Waals surface area contributed by atoms with Crippen molar-refractivity contribution < 1.29 is 19.1 Å². The Balaban J connectivity index is 0. The van der Waals surface area contributed by atoms with E-state index in [-0.39, 0.29) is 17.4 Å². The van der Waals surface area contributed by atoms with E-state index in [0.717, 1.165) is 19.3 Å². The zero-order valence-electron chi connectivity index (χ0n) is 35.5. The number of carbonyl (C=O) groups excluding carboxylic acids is 2. The van der Waals surface area contributed by atoms with Crippen molar-refractivity contribution in [1.29, 1.82) is 0 Å². The molecular formula is C46H92O4. The van der Waals surface area contributed by atoms with Crippen LogP contribution in [-0.4, -0.2) is 25.2 Å². The number of esters is 2. The molecule has 50 heavy (non-hydrogen) atoms. The number of rotatable bonds is 36. The SMILES string of the molecule is CCCCCCCCCCCCCCCCCC(=O)OCC(C)(C)C.CCCCCCCCCCCCCCCCCC(=O)OCCC(C)C. The lowest BCUT2D eigenvalue weighted by molar-refractivity contribution is -0.146. The first-order valence-corrected chi connectivity index (χ1v) is 22.4. The lowest BCUT2D eigenvalue weighted by Crippen LogP contribution is -2.18. The molecule has 0 aliphatic rings. The van der Waals surface area contributed by atoms with E-state index in [0.29, 0.717) is 32.0 Å². The van der Waals surface area contributed by atoms with Gasteiger partial charge in [0.15, 0.2) is 0 Å². The van der Waals surface area contributed by atoms with E-state index in [2.05, 4.69) is 48.5 Å². The van der Waals surface area contributed by atoms with Crippen LogP contribution in [0.2, 0.25) is 0 Å². The van der Waals surface area contributed by atoms with Crippen molar-refractivity contribution in [3.05, 3.63) is 0 Å². The molecule has 0 bridgehead atoms. The molecule has 0 aliphatic heterocycles. The Hall–Kier alpha value is -1.06. The molecule has 0 saturated carbocycles. The smallest absolute Gasteiger partial charge is 0.305 e. The van der Waals surface area contributed by atoms with Gasteiger partial charge in [-0.25, -0.2) is 0 Å². The van der Waals surface area contributed by atoms with Gasteiger partial charge in [0, 0.05) is 12.8 Å². The summed E-state index contributed by atoms with van der Waals surface area (Å²) in [6.45, 7) is 16.3. The van der Waals surface area contributed by atoms with Crippen molar-refractivity contribution in [2.24, 2.45) is 11.3 Å². The Bertz CT molecular complexity index is 680. The molecular weight excluding hydrogens is 617 g/mol. The molecule has 0 fully saturated rings. The molecule has 0 radical (unpaired) electrons. The Morgan fingerprint density at radius 1 is 0.420 bits per heavy atom. The molecule has 0 amide bonds. The number of hydrogen-bond donors (Lipinski definition) is 0. The molecule has 0 N–H and O–H groups in total. The zero-order valence-corrected chi connectivity index (χ0v) is 35.5. The van der Waals surface area contributed by atoms with Crippen LogP contribution in [0.4, 0.5) is 0 Å². The monoisotopic (exact) mass is 709 g/mol. The minimum Gasteiger partial charge on any atom is -0.466 e. The lowest BCUT2D eigenvalue weighted by Gasteiger charge is -2.17. The van der Waals surface area contributed by atoms with Crippen molar-refractivity contribution in [1.82, 2.24) is 0 Å². The van der Waals surface area contributed by atoms with Gasteiger partial charge in [-0.05, 0) is 30.6 Å². The van der Waals surface area contributed by atoms with Gasteiger partial charge in [0.1, 0.15) is 0 Å². The second kappa shape index (κ2) is 40.7. The van der Waals surface area contributed by atoms with Gasteiger partial charge in [0.25, 0.3) is 0 Å². The van der Waals surface area contributed by atoms with Crippen molar-refractivity contribution in [2.45, 2.75) is 260 Å². The summed E-state index contributed by atoms with van der Waals surface area (Å²) in [4.78, 5) is 23.1. The quantitative estimate of drug-likeness (QED) is 0.0480. The minimum atomic E-state index is -0.0235. The molecule has 4 heteroatoms. The zero-order chi connectivity index (χ0) is 37.4. The first-order chi connectivity index (χ1) is 24.1. The number of hydrogen-bond acceptors (Lipinski definition) is 4. The predicted octanol–water partition coefficient (Wildman–Crippen LogP) is 15.7. The Morgan fingerprint density at radius 3 is 0.940 bits per heavy atom. The van der Waals surface area contributed by atoms with E-state index in [4.69, 9.17) is 9.47 Å².